The van der Waals surface area contributed by atoms with Crippen molar-refractivity contribution in [2.24, 2.45) is 5.92 Å². The number of unbranched alkanes of at least 4 members (excludes halogenated alkanes) is 2. The summed E-state index contributed by atoms with van der Waals surface area (Å²) in [4.78, 5) is 50.3. The average molecular weight is 589 g/mol. The number of ether oxygens (including phenoxy) is 2. The number of hydroxylamine groups is 2. The van der Waals surface area contributed by atoms with Gasteiger partial charge in [0.1, 0.15) is 11.5 Å². The normalized spacial score (nSPS) is 12.4. The Hall–Kier alpha value is -3.90. The van der Waals surface area contributed by atoms with Crippen LogP contribution in [0.1, 0.15) is 69.0 Å². The highest BCUT2D eigenvalue weighted by Gasteiger charge is 2.30. The quantitative estimate of drug-likeness (QED) is 0.0559. The fourth-order valence-electron chi connectivity index (χ4n) is 4.69. The Kier molecular flexibility index (Phi) is 14.5. The lowest BCUT2D eigenvalue weighted by atomic mass is 9.90. The lowest BCUT2D eigenvalue weighted by molar-refractivity contribution is -0.168. The maximum Gasteiger partial charge on any atom is 0.319 e. The molecule has 0 aliphatic rings. The number of nitrogens with one attached hydrogen (secondary N) is 2. The second kappa shape index (κ2) is 17.8. The first-order valence-corrected chi connectivity index (χ1v) is 14.3. The zero-order chi connectivity index (χ0) is 31.1. The molecule has 232 valence electrons. The van der Waals surface area contributed by atoms with Gasteiger partial charge in [-0.15, -0.1) is 0 Å². The van der Waals surface area contributed by atoms with Gasteiger partial charge in [0, 0.05) is 12.1 Å². The number of furan rings is 1. The van der Waals surface area contributed by atoms with Crippen LogP contribution in [0, 0.1) is 5.92 Å². The lowest BCUT2D eigenvalue weighted by Crippen LogP contribution is -2.47. The number of nitrogens with zero attached hydrogens (tertiary/aromatic N) is 2. The number of carbonyl (C=O) groups excluding carboxylic acids is 4. The largest absolute Gasteiger partial charge is 0.494 e. The monoisotopic (exact) mass is 588 g/mol. The molecular formula is C30H44N4O8. The molecule has 2 aromatic rings. The Bertz CT molecular complexity index is 1170. The molecule has 12 nitrogen and oxygen atoms in total. The van der Waals surface area contributed by atoms with Crippen LogP contribution in [-0.4, -0.2) is 79.4 Å². The third-order valence-electron chi connectivity index (χ3n) is 6.77. The van der Waals surface area contributed by atoms with E-state index in [1.807, 2.05) is 30.9 Å². The summed E-state index contributed by atoms with van der Waals surface area (Å²) in [5.41, 5.74) is 1.57. The third-order valence-corrected chi connectivity index (χ3v) is 6.77. The minimum atomic E-state index is -0.666. The van der Waals surface area contributed by atoms with Crippen LogP contribution in [0.25, 0.3) is 11.3 Å². The molecule has 0 aliphatic carbocycles. The Morgan fingerprint density at radius 2 is 1.86 bits per heavy atom. The van der Waals surface area contributed by atoms with E-state index in [9.17, 15) is 24.4 Å². The summed E-state index contributed by atoms with van der Waals surface area (Å²) in [5, 5.41) is 15.8. The molecule has 2 atom stereocenters. The summed E-state index contributed by atoms with van der Waals surface area (Å²) < 4.78 is 16.3. The van der Waals surface area contributed by atoms with Crippen molar-refractivity contribution in [3.8, 4) is 17.1 Å². The van der Waals surface area contributed by atoms with Gasteiger partial charge in [0.25, 0.3) is 5.91 Å². The number of benzene rings is 1. The average Bonchev–Trinajstić information content (AvgIpc) is 3.47. The maximum atomic E-state index is 13.0. The van der Waals surface area contributed by atoms with Gasteiger partial charge in [-0.3, -0.25) is 29.3 Å². The number of methoxy groups -OCH3 is 1. The number of rotatable bonds is 19. The van der Waals surface area contributed by atoms with Gasteiger partial charge in [-0.2, -0.15) is 0 Å². The molecule has 0 aliphatic heterocycles. The van der Waals surface area contributed by atoms with E-state index in [2.05, 4.69) is 10.6 Å². The number of esters is 1. The van der Waals surface area contributed by atoms with E-state index in [4.69, 9.17) is 13.9 Å². The van der Waals surface area contributed by atoms with Crippen LogP contribution in [-0.2, 0) is 25.7 Å². The van der Waals surface area contributed by atoms with Gasteiger partial charge in [-0.25, -0.2) is 5.06 Å². The molecule has 2 unspecified atom stereocenters. The minimum Gasteiger partial charge on any atom is -0.494 e. The van der Waals surface area contributed by atoms with Crippen LogP contribution in [0.5, 0.6) is 5.75 Å². The fraction of sp³-hybridized carbons (Fsp3) is 0.533. The number of hydrogen-bond donors (Lipinski definition) is 3. The molecule has 0 spiro atoms. The molecular weight excluding hydrogens is 544 g/mol. The van der Waals surface area contributed by atoms with Crippen molar-refractivity contribution in [3.05, 3.63) is 41.7 Å². The zero-order valence-electron chi connectivity index (χ0n) is 25.2. The molecule has 0 saturated carbocycles. The molecule has 0 radical (unpaired) electrons. The van der Waals surface area contributed by atoms with Crippen LogP contribution >= 0.6 is 0 Å². The predicted octanol–water partition coefficient (Wildman–Crippen LogP) is 3.58. The van der Waals surface area contributed by atoms with Gasteiger partial charge in [0.05, 0.1) is 38.9 Å². The van der Waals surface area contributed by atoms with Gasteiger partial charge in [-0.1, -0.05) is 33.1 Å². The molecule has 0 bridgehead atoms. The van der Waals surface area contributed by atoms with Crippen molar-refractivity contribution < 1.29 is 38.3 Å². The van der Waals surface area contributed by atoms with Gasteiger partial charge in [0.2, 0.25) is 12.3 Å². The summed E-state index contributed by atoms with van der Waals surface area (Å²) >= 11 is 0. The van der Waals surface area contributed by atoms with E-state index in [1.165, 1.54) is 13.2 Å². The number of amides is 3. The number of hydrogen-bond acceptors (Lipinski definition) is 9. The highest BCUT2D eigenvalue weighted by Crippen LogP contribution is 2.29. The lowest BCUT2D eigenvalue weighted by Gasteiger charge is -2.29. The Morgan fingerprint density at radius 1 is 1.10 bits per heavy atom. The summed E-state index contributed by atoms with van der Waals surface area (Å²) in [6.45, 7) is 6.60. The first kappa shape index (κ1) is 34.3. The van der Waals surface area contributed by atoms with Crippen molar-refractivity contribution in [1.82, 2.24) is 20.6 Å². The van der Waals surface area contributed by atoms with Gasteiger partial charge in [-0.05, 0) is 62.7 Å². The summed E-state index contributed by atoms with van der Waals surface area (Å²) in [5.74, 6) is -0.729. The Balaban J connectivity index is 2.08. The molecule has 2 rings (SSSR count). The van der Waals surface area contributed by atoms with Crippen LogP contribution in [0.3, 0.4) is 0 Å². The first-order valence-electron chi connectivity index (χ1n) is 14.3. The van der Waals surface area contributed by atoms with E-state index >= 15 is 0 Å². The molecule has 1 aromatic carbocycles. The second-order valence-electron chi connectivity index (χ2n) is 10.00. The molecule has 1 aromatic heterocycles. The van der Waals surface area contributed by atoms with Crippen molar-refractivity contribution in [1.29, 1.82) is 0 Å². The fourth-order valence-corrected chi connectivity index (χ4v) is 4.69. The highest BCUT2D eigenvalue weighted by molar-refractivity contribution is 5.92. The number of carbonyl (C=O) groups is 4. The summed E-state index contributed by atoms with van der Waals surface area (Å²) in [6, 6.07) is 8.12. The maximum absolute atomic E-state index is 13.0. The van der Waals surface area contributed by atoms with Crippen LogP contribution in [0.15, 0.2) is 34.7 Å². The standard InChI is InChI=1S/C30H44N4O8/c1-6-9-10-11-24(25(7-2)34(39)20-35)29(37)31-19-32-30(38)27-13-12-26(42-27)22-14-21(15-23(16-22)41-8-3)17-33(4)18-28(36)40-5/h12-16,20,24-25,39H,6-11,17-19H2,1-5H3,(H,31,37)(H,32,38). The van der Waals surface area contributed by atoms with E-state index in [1.54, 1.807) is 26.1 Å². The highest BCUT2D eigenvalue weighted by atomic mass is 16.5. The van der Waals surface area contributed by atoms with Crippen molar-refractivity contribution >= 4 is 24.2 Å². The van der Waals surface area contributed by atoms with E-state index in [-0.39, 0.29) is 30.9 Å². The van der Waals surface area contributed by atoms with Crippen molar-refractivity contribution in [2.75, 3.05) is 34.0 Å². The summed E-state index contributed by atoms with van der Waals surface area (Å²) in [7, 11) is 3.14. The van der Waals surface area contributed by atoms with E-state index < -0.39 is 17.9 Å². The first-order chi connectivity index (χ1) is 20.2. The topological polar surface area (TPSA) is 151 Å². The third kappa shape index (κ3) is 10.5. The Morgan fingerprint density at radius 3 is 2.50 bits per heavy atom. The summed E-state index contributed by atoms with van der Waals surface area (Å²) in [6.07, 6.45) is 3.86. The minimum absolute atomic E-state index is 0.0545. The molecule has 1 heterocycles. The van der Waals surface area contributed by atoms with Crippen LogP contribution in [0.2, 0.25) is 0 Å². The second-order valence-corrected chi connectivity index (χ2v) is 10.00. The molecule has 0 saturated heterocycles. The predicted molar refractivity (Wildman–Crippen MR) is 156 cm³/mol. The Labute approximate surface area is 247 Å². The molecule has 3 N–H and O–H groups in total. The SMILES string of the molecule is CCCCCC(C(=O)NCNC(=O)c1ccc(-c2cc(CN(C)CC(=O)OC)cc(OCC)c2)o1)C(CC)N(O)C=O. The van der Waals surface area contributed by atoms with Gasteiger partial charge >= 0.3 is 5.97 Å². The van der Waals surface area contributed by atoms with Crippen LogP contribution < -0.4 is 15.4 Å². The number of likely N-dealkylation sites (N-methyl/N-ethyl adjacent to an activating group) is 1. The van der Waals surface area contributed by atoms with Gasteiger partial charge < -0.3 is 24.5 Å². The van der Waals surface area contributed by atoms with Gasteiger partial charge in [0.15, 0.2) is 5.76 Å². The van der Waals surface area contributed by atoms with Crippen LogP contribution in [0.4, 0.5) is 0 Å². The van der Waals surface area contributed by atoms with Crippen molar-refractivity contribution in [3.63, 3.8) is 0 Å². The zero-order valence-corrected chi connectivity index (χ0v) is 25.2. The molecule has 0 fully saturated rings. The smallest absolute Gasteiger partial charge is 0.319 e. The molecule has 12 heteroatoms. The molecule has 3 amide bonds. The van der Waals surface area contributed by atoms with E-state index in [0.717, 1.165) is 24.8 Å². The van der Waals surface area contributed by atoms with E-state index in [0.29, 0.717) is 54.5 Å². The molecule has 42 heavy (non-hydrogen) atoms. The van der Waals surface area contributed by atoms with Crippen molar-refractivity contribution in [2.45, 2.75) is 65.5 Å².